The summed E-state index contributed by atoms with van der Waals surface area (Å²) >= 11 is 0. The molecule has 1 unspecified atom stereocenters. The summed E-state index contributed by atoms with van der Waals surface area (Å²) in [6.45, 7) is 7.90. The van der Waals surface area contributed by atoms with Crippen LogP contribution in [0.25, 0.3) is 0 Å². The fourth-order valence-electron chi connectivity index (χ4n) is 4.48. The zero-order valence-electron chi connectivity index (χ0n) is 16.4. The van der Waals surface area contributed by atoms with Crippen molar-refractivity contribution in [1.82, 2.24) is 20.0 Å². The molecule has 0 spiro atoms. The zero-order valence-corrected chi connectivity index (χ0v) is 16.4. The Bertz CT molecular complexity index is 462. The van der Waals surface area contributed by atoms with Crippen molar-refractivity contribution >= 4 is 11.8 Å². The number of piperazine rings is 1. The van der Waals surface area contributed by atoms with E-state index in [4.69, 9.17) is 0 Å². The largest absolute Gasteiger partial charge is 0.352 e. The third kappa shape index (κ3) is 5.43. The van der Waals surface area contributed by atoms with E-state index >= 15 is 0 Å². The van der Waals surface area contributed by atoms with Crippen molar-refractivity contribution in [2.24, 2.45) is 0 Å². The smallest absolute Gasteiger partial charge is 0.237 e. The lowest BCUT2D eigenvalue weighted by Gasteiger charge is -2.38. The number of nitrogens with one attached hydrogen (secondary N) is 1. The molecule has 6 nitrogen and oxygen atoms in total. The molecule has 2 aliphatic heterocycles. The van der Waals surface area contributed by atoms with E-state index in [1.165, 1.54) is 25.7 Å². The number of hydrogen-bond acceptors (Lipinski definition) is 4. The Morgan fingerprint density at radius 2 is 1.50 bits per heavy atom. The summed E-state index contributed by atoms with van der Waals surface area (Å²) in [4.78, 5) is 31.6. The van der Waals surface area contributed by atoms with E-state index in [1.54, 1.807) is 0 Å². The summed E-state index contributed by atoms with van der Waals surface area (Å²) in [6, 6.07) is 0.316. The number of nitrogens with zero attached hydrogens (tertiary/aromatic N) is 3. The van der Waals surface area contributed by atoms with E-state index in [9.17, 15) is 9.59 Å². The lowest BCUT2D eigenvalue weighted by molar-refractivity contribution is -0.134. The molecule has 2 amide bonds. The Labute approximate surface area is 158 Å². The van der Waals surface area contributed by atoms with E-state index in [0.29, 0.717) is 12.6 Å². The molecule has 3 aliphatic rings. The second kappa shape index (κ2) is 9.70. The molecular weight excluding hydrogens is 328 g/mol. The van der Waals surface area contributed by atoms with Crippen molar-refractivity contribution in [2.75, 3.05) is 45.8 Å². The average molecular weight is 365 g/mol. The quantitative estimate of drug-likeness (QED) is 0.802. The lowest BCUT2D eigenvalue weighted by atomic mass is 10.2. The van der Waals surface area contributed by atoms with Crippen molar-refractivity contribution in [3.8, 4) is 0 Å². The van der Waals surface area contributed by atoms with Crippen LogP contribution in [0.15, 0.2) is 0 Å². The maximum atomic E-state index is 12.5. The Morgan fingerprint density at radius 3 is 2.12 bits per heavy atom. The number of rotatable bonds is 5. The molecule has 3 fully saturated rings. The Kier molecular flexibility index (Phi) is 7.32. The second-order valence-corrected chi connectivity index (χ2v) is 8.27. The minimum Gasteiger partial charge on any atom is -0.352 e. The van der Waals surface area contributed by atoms with Crippen LogP contribution in [-0.4, -0.2) is 84.4 Å². The summed E-state index contributed by atoms with van der Waals surface area (Å²) in [5.74, 6) is 0.457. The molecule has 1 atom stereocenters. The van der Waals surface area contributed by atoms with Gasteiger partial charge in [0.25, 0.3) is 0 Å². The number of carbonyl (C=O) groups excluding carboxylic acids is 2. The first kappa shape index (κ1) is 19.6. The van der Waals surface area contributed by atoms with Crippen LogP contribution in [0.3, 0.4) is 0 Å². The molecule has 0 bridgehead atoms. The first-order chi connectivity index (χ1) is 12.6. The van der Waals surface area contributed by atoms with Crippen LogP contribution < -0.4 is 5.32 Å². The highest BCUT2D eigenvalue weighted by Gasteiger charge is 2.28. The minimum absolute atomic E-state index is 0.0703. The van der Waals surface area contributed by atoms with E-state index in [0.717, 1.165) is 65.0 Å². The number of amides is 2. The zero-order chi connectivity index (χ0) is 18.4. The Hall–Kier alpha value is -1.14. The van der Waals surface area contributed by atoms with E-state index < -0.39 is 0 Å². The molecule has 1 saturated carbocycles. The van der Waals surface area contributed by atoms with Crippen molar-refractivity contribution < 1.29 is 9.59 Å². The van der Waals surface area contributed by atoms with Gasteiger partial charge in [-0.25, -0.2) is 0 Å². The van der Waals surface area contributed by atoms with Crippen LogP contribution >= 0.6 is 0 Å². The predicted octanol–water partition coefficient (Wildman–Crippen LogP) is 1.45. The molecule has 0 aromatic heterocycles. The molecule has 0 aromatic rings. The van der Waals surface area contributed by atoms with Crippen LogP contribution in [0.4, 0.5) is 0 Å². The SMILES string of the molecule is CC(C(=O)NC1CCCC1)N1CCN(CC(=O)N2CCCCCC2)CC1. The van der Waals surface area contributed by atoms with Gasteiger partial charge in [-0.05, 0) is 32.6 Å². The Morgan fingerprint density at radius 1 is 0.885 bits per heavy atom. The van der Waals surface area contributed by atoms with Gasteiger partial charge in [0, 0.05) is 45.3 Å². The van der Waals surface area contributed by atoms with Crippen molar-refractivity contribution in [3.63, 3.8) is 0 Å². The normalized spacial score (nSPS) is 25.0. The van der Waals surface area contributed by atoms with Gasteiger partial charge in [-0.2, -0.15) is 0 Å². The van der Waals surface area contributed by atoms with Gasteiger partial charge in [-0.3, -0.25) is 19.4 Å². The van der Waals surface area contributed by atoms with Crippen LogP contribution in [0.1, 0.15) is 58.3 Å². The molecular formula is C20H36N4O2. The highest BCUT2D eigenvalue weighted by molar-refractivity contribution is 5.81. The summed E-state index contributed by atoms with van der Waals surface area (Å²) in [7, 11) is 0. The van der Waals surface area contributed by atoms with Crippen molar-refractivity contribution in [3.05, 3.63) is 0 Å². The minimum atomic E-state index is -0.0703. The maximum absolute atomic E-state index is 12.5. The summed E-state index contributed by atoms with van der Waals surface area (Å²) in [6.07, 6.45) is 9.54. The summed E-state index contributed by atoms with van der Waals surface area (Å²) in [5.41, 5.74) is 0. The molecule has 0 aromatic carbocycles. The monoisotopic (exact) mass is 364 g/mol. The number of likely N-dealkylation sites (tertiary alicyclic amines) is 1. The van der Waals surface area contributed by atoms with E-state index in [1.807, 2.05) is 6.92 Å². The first-order valence-electron chi connectivity index (χ1n) is 10.7. The molecule has 2 heterocycles. The fraction of sp³-hybridized carbons (Fsp3) is 0.900. The van der Waals surface area contributed by atoms with Gasteiger partial charge < -0.3 is 10.2 Å². The lowest BCUT2D eigenvalue weighted by Crippen LogP contribution is -2.56. The third-order valence-corrected chi connectivity index (χ3v) is 6.35. The van der Waals surface area contributed by atoms with Crippen molar-refractivity contribution in [1.29, 1.82) is 0 Å². The highest BCUT2D eigenvalue weighted by Crippen LogP contribution is 2.18. The van der Waals surface area contributed by atoms with Gasteiger partial charge in [0.15, 0.2) is 0 Å². The topological polar surface area (TPSA) is 55.9 Å². The first-order valence-corrected chi connectivity index (χ1v) is 10.7. The van der Waals surface area contributed by atoms with Crippen LogP contribution in [0.5, 0.6) is 0 Å². The molecule has 6 heteroatoms. The highest BCUT2D eigenvalue weighted by atomic mass is 16.2. The van der Waals surface area contributed by atoms with Gasteiger partial charge in [0.2, 0.25) is 11.8 Å². The van der Waals surface area contributed by atoms with Gasteiger partial charge in [0.05, 0.1) is 12.6 Å². The maximum Gasteiger partial charge on any atom is 0.237 e. The van der Waals surface area contributed by atoms with Crippen LogP contribution in [0.2, 0.25) is 0 Å². The van der Waals surface area contributed by atoms with Crippen LogP contribution in [0, 0.1) is 0 Å². The summed E-state index contributed by atoms with van der Waals surface area (Å²) in [5, 5.41) is 3.21. The number of hydrogen-bond donors (Lipinski definition) is 1. The van der Waals surface area contributed by atoms with Crippen LogP contribution in [-0.2, 0) is 9.59 Å². The molecule has 3 rings (SSSR count). The third-order valence-electron chi connectivity index (χ3n) is 6.35. The molecule has 0 radical (unpaired) electrons. The van der Waals surface area contributed by atoms with E-state index in [2.05, 4.69) is 20.0 Å². The van der Waals surface area contributed by atoms with Gasteiger partial charge in [-0.15, -0.1) is 0 Å². The van der Waals surface area contributed by atoms with E-state index in [-0.39, 0.29) is 17.9 Å². The van der Waals surface area contributed by atoms with Crippen molar-refractivity contribution in [2.45, 2.75) is 70.4 Å². The molecule has 148 valence electrons. The Balaban J connectivity index is 1.38. The second-order valence-electron chi connectivity index (χ2n) is 8.27. The predicted molar refractivity (Wildman–Crippen MR) is 103 cm³/mol. The standard InChI is InChI=1S/C20H36N4O2/c1-17(20(26)21-18-8-4-5-9-18)23-14-12-22(13-15-23)16-19(25)24-10-6-2-3-7-11-24/h17-18H,2-16H2,1H3,(H,21,26). The molecule has 26 heavy (non-hydrogen) atoms. The summed E-state index contributed by atoms with van der Waals surface area (Å²) < 4.78 is 0. The molecule has 1 aliphatic carbocycles. The number of carbonyl (C=O) groups is 2. The average Bonchev–Trinajstić information content (AvgIpc) is 3.00. The fourth-order valence-corrected chi connectivity index (χ4v) is 4.48. The van der Waals surface area contributed by atoms with Gasteiger partial charge in [0.1, 0.15) is 0 Å². The molecule has 1 N–H and O–H groups in total. The molecule has 2 saturated heterocycles. The van der Waals surface area contributed by atoms with Gasteiger partial charge >= 0.3 is 0 Å². The van der Waals surface area contributed by atoms with Gasteiger partial charge in [-0.1, -0.05) is 25.7 Å².